The van der Waals surface area contributed by atoms with Crippen molar-refractivity contribution in [3.63, 3.8) is 0 Å². The molecule has 216 valence electrons. The number of ether oxygens (including phenoxy) is 2. The van der Waals surface area contributed by atoms with Crippen LogP contribution in [0.1, 0.15) is 72.4 Å². The molecule has 2 amide bonds. The number of carbonyl (C=O) groups excluding carboxylic acids is 2. The molecule has 0 aromatic heterocycles. The minimum Gasteiger partial charge on any atom is -0.489 e. The summed E-state index contributed by atoms with van der Waals surface area (Å²) < 4.78 is 24.2. The minimum atomic E-state index is -0.564. The average molecular weight is 551 g/mol. The van der Waals surface area contributed by atoms with Gasteiger partial charge in [0, 0.05) is 24.7 Å². The molecule has 0 bridgehead atoms. The van der Waals surface area contributed by atoms with Gasteiger partial charge in [-0.2, -0.15) is 0 Å². The molecule has 2 saturated heterocycles. The summed E-state index contributed by atoms with van der Waals surface area (Å²) in [5.74, 6) is 0.505. The molecule has 0 radical (unpaired) electrons. The zero-order valence-corrected chi connectivity index (χ0v) is 24.9. The maximum absolute atomic E-state index is 13.3. The largest absolute Gasteiger partial charge is 0.494 e. The molecule has 4 rings (SSSR count). The molecule has 0 spiro atoms. The van der Waals surface area contributed by atoms with E-state index < -0.39 is 23.9 Å². The molecule has 1 N–H and O–H groups in total. The maximum atomic E-state index is 13.3. The van der Waals surface area contributed by atoms with Gasteiger partial charge in [-0.3, -0.25) is 4.79 Å². The van der Waals surface area contributed by atoms with Gasteiger partial charge in [0.2, 0.25) is 5.91 Å². The van der Waals surface area contributed by atoms with Crippen molar-refractivity contribution < 1.29 is 28.4 Å². The van der Waals surface area contributed by atoms with Gasteiger partial charge in [-0.25, -0.2) is 4.79 Å². The number of rotatable bonds is 7. The van der Waals surface area contributed by atoms with E-state index >= 15 is 0 Å². The molecule has 1 atom stereocenters. The lowest BCUT2D eigenvalue weighted by Gasteiger charge is -2.34. The van der Waals surface area contributed by atoms with Gasteiger partial charge in [-0.15, -0.1) is 0 Å². The molecule has 2 aromatic carbocycles. The summed E-state index contributed by atoms with van der Waals surface area (Å²) in [4.78, 5) is 27.5. The Morgan fingerprint density at radius 3 is 2.38 bits per heavy atom. The molecule has 2 aliphatic rings. The van der Waals surface area contributed by atoms with E-state index in [4.69, 9.17) is 18.8 Å². The Morgan fingerprint density at radius 2 is 1.73 bits per heavy atom. The van der Waals surface area contributed by atoms with Crippen molar-refractivity contribution in [3.8, 4) is 5.75 Å². The molecular weight excluding hydrogens is 507 g/mol. The second-order valence-corrected chi connectivity index (χ2v) is 12.7. The first-order chi connectivity index (χ1) is 18.7. The van der Waals surface area contributed by atoms with E-state index in [1.54, 1.807) is 4.90 Å². The fourth-order valence-corrected chi connectivity index (χ4v) is 4.78. The lowest BCUT2D eigenvalue weighted by Crippen LogP contribution is -2.51. The van der Waals surface area contributed by atoms with Crippen LogP contribution in [0.4, 0.5) is 4.79 Å². The smallest absolute Gasteiger partial charge is 0.489 e. The van der Waals surface area contributed by atoms with Gasteiger partial charge in [-0.05, 0) is 78.4 Å². The zero-order valence-electron chi connectivity index (χ0n) is 24.9. The topological polar surface area (TPSA) is 86.3 Å². The van der Waals surface area contributed by atoms with Crippen molar-refractivity contribution in [3.05, 3.63) is 59.7 Å². The number of amides is 2. The highest BCUT2D eigenvalue weighted by Gasteiger charge is 2.51. The van der Waals surface area contributed by atoms with Crippen LogP contribution in [0.3, 0.4) is 0 Å². The van der Waals surface area contributed by atoms with E-state index in [1.165, 1.54) is 0 Å². The standard InChI is InChI=1S/C31H43BN2O6/c1-29(2,3)38-28(36)34-17-11-14-25(20-34)33-27(35)19-23-18-24(32-39-30(4,5)31(6,7)40-32)15-16-26(23)37-21-22-12-9-8-10-13-22/h8-10,12-13,15-16,18,25H,11,14,17,19-21H2,1-7H3,(H,33,35)/t25-/m0/s1. The van der Waals surface area contributed by atoms with Crippen LogP contribution in [0.25, 0.3) is 0 Å². The number of likely N-dealkylation sites (tertiary alicyclic amines) is 1. The molecule has 0 unspecified atom stereocenters. The number of hydrogen-bond acceptors (Lipinski definition) is 6. The van der Waals surface area contributed by atoms with Crippen LogP contribution in [0.5, 0.6) is 5.75 Å². The first-order valence-corrected chi connectivity index (χ1v) is 14.1. The molecule has 2 aromatic rings. The molecular formula is C31H43BN2O6. The van der Waals surface area contributed by atoms with Gasteiger partial charge in [0.05, 0.1) is 17.6 Å². The van der Waals surface area contributed by atoms with Gasteiger partial charge >= 0.3 is 13.2 Å². The second kappa shape index (κ2) is 11.8. The maximum Gasteiger partial charge on any atom is 0.494 e. The van der Waals surface area contributed by atoms with Crippen LogP contribution in [-0.4, -0.2) is 60.0 Å². The van der Waals surface area contributed by atoms with E-state index in [1.807, 2.05) is 97.0 Å². The predicted octanol–water partition coefficient (Wildman–Crippen LogP) is 4.62. The molecule has 9 heteroatoms. The second-order valence-electron chi connectivity index (χ2n) is 12.7. The Morgan fingerprint density at radius 1 is 1.05 bits per heavy atom. The fraction of sp³-hybridized carbons (Fsp3) is 0.548. The summed E-state index contributed by atoms with van der Waals surface area (Å²) in [5.41, 5.74) is 1.11. The molecule has 0 saturated carbocycles. The van der Waals surface area contributed by atoms with E-state index in [9.17, 15) is 9.59 Å². The van der Waals surface area contributed by atoms with E-state index in [0.717, 1.165) is 29.4 Å². The third kappa shape index (κ3) is 7.58. The van der Waals surface area contributed by atoms with E-state index in [0.29, 0.717) is 25.4 Å². The van der Waals surface area contributed by atoms with E-state index in [-0.39, 0.29) is 24.5 Å². The van der Waals surface area contributed by atoms with Crippen molar-refractivity contribution in [1.82, 2.24) is 10.2 Å². The summed E-state index contributed by atoms with van der Waals surface area (Å²) in [6.07, 6.45) is 1.38. The van der Waals surface area contributed by atoms with Crippen LogP contribution < -0.4 is 15.5 Å². The van der Waals surface area contributed by atoms with Crippen LogP contribution in [0.15, 0.2) is 48.5 Å². The Labute approximate surface area is 238 Å². The molecule has 8 nitrogen and oxygen atoms in total. The molecule has 2 aliphatic heterocycles. The fourth-order valence-electron chi connectivity index (χ4n) is 4.78. The highest BCUT2D eigenvalue weighted by Crippen LogP contribution is 2.36. The SMILES string of the molecule is CC(C)(C)OC(=O)N1CCC[C@H](NC(=O)Cc2cc(B3OC(C)(C)C(C)(C)O3)ccc2OCc2ccccc2)C1. The first kappa shape index (κ1) is 29.9. The van der Waals surface area contributed by atoms with Gasteiger partial charge < -0.3 is 29.0 Å². The third-order valence-corrected chi connectivity index (χ3v) is 7.64. The van der Waals surface area contributed by atoms with Gasteiger partial charge in [0.25, 0.3) is 0 Å². The Balaban J connectivity index is 1.47. The lowest BCUT2D eigenvalue weighted by molar-refractivity contribution is -0.121. The molecule has 40 heavy (non-hydrogen) atoms. The summed E-state index contributed by atoms with van der Waals surface area (Å²) in [5, 5.41) is 3.12. The number of hydrogen-bond donors (Lipinski definition) is 1. The van der Waals surface area contributed by atoms with Crippen LogP contribution in [-0.2, 0) is 31.9 Å². The Bertz CT molecular complexity index is 1180. The number of nitrogens with one attached hydrogen (secondary N) is 1. The first-order valence-electron chi connectivity index (χ1n) is 14.1. The average Bonchev–Trinajstić information content (AvgIpc) is 3.09. The van der Waals surface area contributed by atoms with Crippen LogP contribution in [0, 0.1) is 0 Å². The van der Waals surface area contributed by atoms with Gasteiger partial charge in [0.15, 0.2) is 0 Å². The zero-order chi connectivity index (χ0) is 29.1. The number of nitrogens with zero attached hydrogens (tertiary/aromatic N) is 1. The van der Waals surface area contributed by atoms with Crippen molar-refractivity contribution in [2.75, 3.05) is 13.1 Å². The quantitative estimate of drug-likeness (QED) is 0.507. The number of piperidine rings is 1. The summed E-state index contributed by atoms with van der Waals surface area (Å²) >= 11 is 0. The van der Waals surface area contributed by atoms with E-state index in [2.05, 4.69) is 5.32 Å². The molecule has 2 fully saturated rings. The van der Waals surface area contributed by atoms with Gasteiger partial charge in [-0.1, -0.05) is 42.5 Å². The minimum absolute atomic E-state index is 0.125. The summed E-state index contributed by atoms with van der Waals surface area (Å²) in [6, 6.07) is 15.5. The van der Waals surface area contributed by atoms with Crippen LogP contribution >= 0.6 is 0 Å². The highest BCUT2D eigenvalue weighted by atomic mass is 16.7. The molecule has 0 aliphatic carbocycles. The number of carbonyl (C=O) groups is 2. The third-order valence-electron chi connectivity index (χ3n) is 7.64. The van der Waals surface area contributed by atoms with Crippen LogP contribution in [0.2, 0.25) is 0 Å². The number of benzene rings is 2. The van der Waals surface area contributed by atoms with Crippen molar-refractivity contribution in [2.24, 2.45) is 0 Å². The predicted molar refractivity (Wildman–Crippen MR) is 156 cm³/mol. The Kier molecular flexibility index (Phi) is 8.85. The lowest BCUT2D eigenvalue weighted by atomic mass is 9.78. The van der Waals surface area contributed by atoms with Crippen molar-refractivity contribution in [1.29, 1.82) is 0 Å². The van der Waals surface area contributed by atoms with Crippen molar-refractivity contribution >= 4 is 24.6 Å². The van der Waals surface area contributed by atoms with Gasteiger partial charge in [0.1, 0.15) is 18.0 Å². The summed E-state index contributed by atoms with van der Waals surface area (Å²) in [6.45, 7) is 15.1. The highest BCUT2D eigenvalue weighted by molar-refractivity contribution is 6.62. The monoisotopic (exact) mass is 550 g/mol. The normalized spacial score (nSPS) is 20.2. The Hall–Kier alpha value is -3.04. The van der Waals surface area contributed by atoms with Crippen molar-refractivity contribution in [2.45, 2.75) is 97.2 Å². The summed E-state index contributed by atoms with van der Waals surface area (Å²) in [7, 11) is -0.546. The molecule has 2 heterocycles.